The van der Waals surface area contributed by atoms with Crippen molar-refractivity contribution in [1.29, 1.82) is 0 Å². The second-order valence-corrected chi connectivity index (χ2v) is 6.23. The van der Waals surface area contributed by atoms with E-state index in [0.717, 1.165) is 36.9 Å². The maximum Gasteiger partial charge on any atom is 0.0670 e. The molecule has 2 N–H and O–H groups in total. The molecule has 1 unspecified atom stereocenters. The van der Waals surface area contributed by atoms with Crippen LogP contribution < -0.4 is 15.5 Å². The van der Waals surface area contributed by atoms with Gasteiger partial charge in [-0.15, -0.1) is 0 Å². The highest BCUT2D eigenvalue weighted by Crippen LogP contribution is 2.31. The van der Waals surface area contributed by atoms with Crippen molar-refractivity contribution in [3.8, 4) is 0 Å². The normalized spacial score (nSPS) is 18.8. The Hall–Kier alpha value is -1.07. The van der Waals surface area contributed by atoms with Crippen molar-refractivity contribution in [2.45, 2.75) is 25.3 Å². The average Bonchev–Trinajstić information content (AvgIpc) is 2.48. The van der Waals surface area contributed by atoms with Crippen LogP contribution in [0.2, 0.25) is 0 Å². The summed E-state index contributed by atoms with van der Waals surface area (Å²) in [7, 11) is 4.05. The van der Waals surface area contributed by atoms with Crippen molar-refractivity contribution in [3.05, 3.63) is 18.2 Å². The van der Waals surface area contributed by atoms with E-state index in [4.69, 9.17) is 10.5 Å². The van der Waals surface area contributed by atoms with Gasteiger partial charge >= 0.3 is 0 Å². The summed E-state index contributed by atoms with van der Waals surface area (Å²) in [5.41, 5.74) is 9.20. The molecule has 0 saturated carbocycles. The Morgan fingerprint density at radius 1 is 1.38 bits per heavy atom. The van der Waals surface area contributed by atoms with Crippen LogP contribution in [0, 0.1) is 0 Å². The van der Waals surface area contributed by atoms with Crippen molar-refractivity contribution in [2.24, 2.45) is 0 Å². The van der Waals surface area contributed by atoms with Crippen LogP contribution in [0.1, 0.15) is 19.3 Å². The van der Waals surface area contributed by atoms with Crippen molar-refractivity contribution >= 4 is 29.7 Å². The smallest absolute Gasteiger partial charge is 0.0670 e. The first-order valence-corrected chi connectivity index (χ1v) is 8.29. The summed E-state index contributed by atoms with van der Waals surface area (Å²) in [6.45, 7) is 2.59. The lowest BCUT2D eigenvalue weighted by molar-refractivity contribution is 0.126. The summed E-state index contributed by atoms with van der Waals surface area (Å²) in [6.07, 6.45) is 3.71. The topological polar surface area (TPSA) is 41.7 Å². The lowest BCUT2D eigenvalue weighted by Crippen LogP contribution is -2.42. The molecule has 2 rings (SSSR count). The van der Waals surface area contributed by atoms with Crippen LogP contribution in [0.25, 0.3) is 0 Å². The number of nitrogen functional groups attached to an aromatic ring is 1. The van der Waals surface area contributed by atoms with E-state index in [-0.39, 0.29) is 0 Å². The van der Waals surface area contributed by atoms with Crippen molar-refractivity contribution in [1.82, 2.24) is 0 Å². The number of piperidine rings is 1. The first-order valence-electron chi connectivity index (χ1n) is 7.65. The van der Waals surface area contributed by atoms with Crippen LogP contribution in [-0.2, 0) is 4.74 Å². The van der Waals surface area contributed by atoms with Gasteiger partial charge in [-0.25, -0.2) is 0 Å². The van der Waals surface area contributed by atoms with Gasteiger partial charge in [0.05, 0.1) is 30.6 Å². The minimum atomic E-state index is 0.456. The highest BCUT2D eigenvalue weighted by Gasteiger charge is 2.23. The van der Waals surface area contributed by atoms with E-state index in [1.54, 1.807) is 0 Å². The van der Waals surface area contributed by atoms with Crippen molar-refractivity contribution in [3.63, 3.8) is 0 Å². The molecule has 0 aliphatic carbocycles. The number of anilines is 3. The fourth-order valence-corrected chi connectivity index (χ4v) is 3.02. The largest absolute Gasteiger partial charge is 0.397 e. The van der Waals surface area contributed by atoms with Gasteiger partial charge in [-0.3, -0.25) is 0 Å². The summed E-state index contributed by atoms with van der Waals surface area (Å²) >= 11 is 4.20. The zero-order valence-electron chi connectivity index (χ0n) is 13.1. The van der Waals surface area contributed by atoms with Gasteiger partial charge in [0, 0.05) is 32.1 Å². The predicted molar refractivity (Wildman–Crippen MR) is 94.8 cm³/mol. The molecular formula is C16H27N3OS. The molecule has 1 aromatic rings. The Morgan fingerprint density at radius 2 is 2.19 bits per heavy atom. The fourth-order valence-electron chi connectivity index (χ4n) is 2.90. The maximum absolute atomic E-state index is 6.06. The first kappa shape index (κ1) is 16.3. The monoisotopic (exact) mass is 309 g/mol. The van der Waals surface area contributed by atoms with Gasteiger partial charge in [0.1, 0.15) is 0 Å². The van der Waals surface area contributed by atoms with E-state index in [0.29, 0.717) is 6.04 Å². The van der Waals surface area contributed by atoms with E-state index in [2.05, 4.69) is 34.6 Å². The van der Waals surface area contributed by atoms with Crippen LogP contribution >= 0.6 is 12.6 Å². The SMILES string of the molecule is CN(C)c1cc(N2CCCCC2COCCS)ccc1N. The maximum atomic E-state index is 6.06. The molecule has 0 amide bonds. The average molecular weight is 309 g/mol. The zero-order chi connectivity index (χ0) is 15.2. The molecule has 0 radical (unpaired) electrons. The minimum absolute atomic E-state index is 0.456. The first-order chi connectivity index (χ1) is 10.1. The molecule has 0 aromatic heterocycles. The molecule has 0 spiro atoms. The molecule has 1 aromatic carbocycles. The second-order valence-electron chi connectivity index (χ2n) is 5.78. The van der Waals surface area contributed by atoms with Crippen molar-refractivity contribution in [2.75, 3.05) is 55.1 Å². The Kier molecular flexibility index (Phi) is 6.06. The Bertz CT molecular complexity index is 453. The molecule has 1 fully saturated rings. The summed E-state index contributed by atoms with van der Waals surface area (Å²) in [4.78, 5) is 4.53. The number of benzene rings is 1. The Balaban J connectivity index is 2.14. The number of hydrogen-bond donors (Lipinski definition) is 2. The molecule has 118 valence electrons. The van der Waals surface area contributed by atoms with Gasteiger partial charge in [0.2, 0.25) is 0 Å². The third kappa shape index (κ3) is 4.20. The summed E-state index contributed by atoms with van der Waals surface area (Å²) in [5, 5.41) is 0. The van der Waals surface area contributed by atoms with E-state index in [9.17, 15) is 0 Å². The summed E-state index contributed by atoms with van der Waals surface area (Å²) in [6, 6.07) is 6.77. The standard InChI is InChI=1S/C16H27N3OS/c1-18(2)16-11-13(6-7-15(16)17)19-8-4-3-5-14(19)12-20-9-10-21/h6-7,11,14,21H,3-5,8-10,12,17H2,1-2H3. The highest BCUT2D eigenvalue weighted by atomic mass is 32.1. The third-order valence-corrected chi connectivity index (χ3v) is 4.18. The molecule has 0 bridgehead atoms. The molecule has 1 aliphatic heterocycles. The molecule has 21 heavy (non-hydrogen) atoms. The van der Waals surface area contributed by atoms with E-state index < -0.39 is 0 Å². The quantitative estimate of drug-likeness (QED) is 0.481. The Morgan fingerprint density at radius 3 is 2.90 bits per heavy atom. The zero-order valence-corrected chi connectivity index (χ0v) is 14.0. The number of thiol groups is 1. The number of hydrogen-bond acceptors (Lipinski definition) is 5. The fraction of sp³-hybridized carbons (Fsp3) is 0.625. The van der Waals surface area contributed by atoms with E-state index in [1.807, 2.05) is 20.2 Å². The number of nitrogens with zero attached hydrogens (tertiary/aromatic N) is 2. The number of ether oxygens (including phenoxy) is 1. The lowest BCUT2D eigenvalue weighted by Gasteiger charge is -2.38. The van der Waals surface area contributed by atoms with E-state index >= 15 is 0 Å². The lowest BCUT2D eigenvalue weighted by atomic mass is 10.0. The number of rotatable bonds is 6. The van der Waals surface area contributed by atoms with Gasteiger partial charge in [0.15, 0.2) is 0 Å². The van der Waals surface area contributed by atoms with Gasteiger partial charge in [-0.1, -0.05) is 0 Å². The van der Waals surface area contributed by atoms with E-state index in [1.165, 1.54) is 24.9 Å². The predicted octanol–water partition coefficient (Wildman–Crippen LogP) is 2.64. The molecule has 1 saturated heterocycles. The van der Waals surface area contributed by atoms with Crippen LogP contribution in [0.4, 0.5) is 17.1 Å². The van der Waals surface area contributed by atoms with Gasteiger partial charge in [0.25, 0.3) is 0 Å². The molecular weight excluding hydrogens is 282 g/mol. The third-order valence-electron chi connectivity index (χ3n) is 4.00. The van der Waals surface area contributed by atoms with Crippen LogP contribution in [0.3, 0.4) is 0 Å². The molecule has 1 heterocycles. The van der Waals surface area contributed by atoms with Gasteiger partial charge in [-0.2, -0.15) is 12.6 Å². The van der Waals surface area contributed by atoms with Crippen LogP contribution in [0.15, 0.2) is 18.2 Å². The number of nitrogens with two attached hydrogens (primary N) is 1. The highest BCUT2D eigenvalue weighted by molar-refractivity contribution is 7.80. The van der Waals surface area contributed by atoms with Crippen LogP contribution in [0.5, 0.6) is 0 Å². The van der Waals surface area contributed by atoms with Crippen LogP contribution in [-0.4, -0.2) is 45.6 Å². The minimum Gasteiger partial charge on any atom is -0.397 e. The van der Waals surface area contributed by atoms with Gasteiger partial charge in [-0.05, 0) is 37.5 Å². The van der Waals surface area contributed by atoms with Crippen molar-refractivity contribution < 1.29 is 4.74 Å². The Labute approximate surface area is 133 Å². The molecule has 4 nitrogen and oxygen atoms in total. The summed E-state index contributed by atoms with van der Waals surface area (Å²) < 4.78 is 5.72. The molecule has 5 heteroatoms. The molecule has 1 atom stereocenters. The summed E-state index contributed by atoms with van der Waals surface area (Å²) in [5.74, 6) is 0.777. The second kappa shape index (κ2) is 7.80. The molecule has 1 aliphatic rings. The van der Waals surface area contributed by atoms with Gasteiger partial charge < -0.3 is 20.3 Å².